The van der Waals surface area contributed by atoms with Gasteiger partial charge in [0.15, 0.2) is 0 Å². The smallest absolute Gasteiger partial charge is 0.0722 e. The number of allylic oxidation sites excluding steroid dienone is 1. The number of aromatic nitrogens is 1. The molecule has 1 rings (SSSR count). The van der Waals surface area contributed by atoms with Crippen LogP contribution in [-0.2, 0) is 0 Å². The van der Waals surface area contributed by atoms with E-state index in [-0.39, 0.29) is 5.41 Å². The van der Waals surface area contributed by atoms with E-state index in [1.54, 1.807) is 12.4 Å². The largest absolute Gasteiger partial charge is 0.305 e. The van der Waals surface area contributed by atoms with Crippen LogP contribution in [0.2, 0.25) is 0 Å². The summed E-state index contributed by atoms with van der Waals surface area (Å²) in [6.07, 6.45) is 3.49. The Labute approximate surface area is 85.2 Å². The van der Waals surface area contributed by atoms with Gasteiger partial charge in [-0.3, -0.25) is 10.4 Å². The summed E-state index contributed by atoms with van der Waals surface area (Å²) >= 11 is 0. The maximum atomic E-state index is 3.99. The van der Waals surface area contributed by atoms with E-state index in [9.17, 15) is 0 Å². The first-order chi connectivity index (χ1) is 6.50. The van der Waals surface area contributed by atoms with Crippen LogP contribution in [0, 0.1) is 5.41 Å². The molecule has 0 unspecified atom stereocenters. The van der Waals surface area contributed by atoms with Crippen LogP contribution in [0.15, 0.2) is 36.8 Å². The van der Waals surface area contributed by atoms with Gasteiger partial charge in [0.05, 0.1) is 11.9 Å². The Morgan fingerprint density at radius 2 is 2.14 bits per heavy atom. The SMILES string of the molecule is C=C(NNc1cccnc1)C(C)(C)C. The zero-order valence-corrected chi connectivity index (χ0v) is 8.96. The Morgan fingerprint density at radius 3 is 2.64 bits per heavy atom. The third-order valence-corrected chi connectivity index (χ3v) is 1.92. The molecule has 0 radical (unpaired) electrons. The highest BCUT2D eigenvalue weighted by atomic mass is 15.4. The number of nitrogens with one attached hydrogen (secondary N) is 2. The molecule has 1 heterocycles. The van der Waals surface area contributed by atoms with Gasteiger partial charge in [0.2, 0.25) is 0 Å². The molecule has 0 saturated carbocycles. The van der Waals surface area contributed by atoms with Crippen LogP contribution in [0.1, 0.15) is 20.8 Å². The number of hydrazine groups is 1. The third kappa shape index (κ3) is 3.09. The van der Waals surface area contributed by atoms with Crippen LogP contribution in [0.3, 0.4) is 0 Å². The summed E-state index contributed by atoms with van der Waals surface area (Å²) in [4.78, 5) is 3.99. The van der Waals surface area contributed by atoms with Gasteiger partial charge in [0.1, 0.15) is 0 Å². The third-order valence-electron chi connectivity index (χ3n) is 1.92. The molecule has 0 aliphatic heterocycles. The standard InChI is InChI=1S/C11H17N3/c1-9(11(2,3)4)13-14-10-6-5-7-12-8-10/h5-8,13-14H,1H2,2-4H3. The van der Waals surface area contributed by atoms with E-state index in [2.05, 4.69) is 43.2 Å². The molecule has 76 valence electrons. The van der Waals surface area contributed by atoms with Crippen molar-refractivity contribution in [1.82, 2.24) is 10.4 Å². The Balaban J connectivity index is 2.46. The molecule has 0 bridgehead atoms. The van der Waals surface area contributed by atoms with E-state index in [1.807, 2.05) is 12.1 Å². The minimum Gasteiger partial charge on any atom is -0.305 e. The first-order valence-electron chi connectivity index (χ1n) is 4.61. The zero-order valence-electron chi connectivity index (χ0n) is 8.96. The van der Waals surface area contributed by atoms with Crippen LogP contribution in [0.4, 0.5) is 5.69 Å². The summed E-state index contributed by atoms with van der Waals surface area (Å²) in [5, 5.41) is 0. The summed E-state index contributed by atoms with van der Waals surface area (Å²) in [5.74, 6) is 0. The molecule has 0 atom stereocenters. The van der Waals surface area contributed by atoms with Crippen molar-refractivity contribution in [1.29, 1.82) is 0 Å². The van der Waals surface area contributed by atoms with E-state index in [0.717, 1.165) is 11.4 Å². The van der Waals surface area contributed by atoms with Crippen LogP contribution in [0.25, 0.3) is 0 Å². The van der Waals surface area contributed by atoms with Crippen LogP contribution < -0.4 is 10.9 Å². The lowest BCUT2D eigenvalue weighted by molar-refractivity contribution is 0.474. The molecule has 0 amide bonds. The summed E-state index contributed by atoms with van der Waals surface area (Å²) < 4.78 is 0. The average molecular weight is 191 g/mol. The van der Waals surface area contributed by atoms with Gasteiger partial charge in [0, 0.05) is 17.3 Å². The number of hydrogen-bond acceptors (Lipinski definition) is 3. The lowest BCUT2D eigenvalue weighted by Gasteiger charge is -2.23. The van der Waals surface area contributed by atoms with Gasteiger partial charge in [-0.05, 0) is 12.1 Å². The number of anilines is 1. The highest BCUT2D eigenvalue weighted by Crippen LogP contribution is 2.20. The summed E-state index contributed by atoms with van der Waals surface area (Å²) in [6.45, 7) is 10.3. The highest BCUT2D eigenvalue weighted by Gasteiger charge is 2.13. The minimum atomic E-state index is 0.0508. The minimum absolute atomic E-state index is 0.0508. The topological polar surface area (TPSA) is 37.0 Å². The second-order valence-electron chi connectivity index (χ2n) is 4.22. The van der Waals surface area contributed by atoms with E-state index >= 15 is 0 Å². The Kier molecular flexibility index (Phi) is 3.12. The lowest BCUT2D eigenvalue weighted by Crippen LogP contribution is -2.28. The van der Waals surface area contributed by atoms with E-state index in [1.165, 1.54) is 0 Å². The number of pyridine rings is 1. The van der Waals surface area contributed by atoms with Gasteiger partial charge in [-0.1, -0.05) is 27.4 Å². The van der Waals surface area contributed by atoms with Crippen LogP contribution in [-0.4, -0.2) is 4.98 Å². The Bertz CT molecular complexity index is 298. The first-order valence-corrected chi connectivity index (χ1v) is 4.61. The predicted octanol–water partition coefficient (Wildman–Crippen LogP) is 2.56. The maximum absolute atomic E-state index is 3.99. The van der Waals surface area contributed by atoms with Crippen molar-refractivity contribution < 1.29 is 0 Å². The number of hydrogen-bond donors (Lipinski definition) is 2. The molecule has 0 aliphatic rings. The molecule has 1 aromatic heterocycles. The molecule has 0 aromatic carbocycles. The summed E-state index contributed by atoms with van der Waals surface area (Å²) in [5.41, 5.74) is 8.02. The molecule has 2 N–H and O–H groups in total. The molecule has 1 aromatic rings. The van der Waals surface area contributed by atoms with Gasteiger partial charge < -0.3 is 5.43 Å². The zero-order chi connectivity index (χ0) is 10.6. The molecule has 0 aliphatic carbocycles. The molecule has 0 saturated heterocycles. The van der Waals surface area contributed by atoms with Gasteiger partial charge in [-0.2, -0.15) is 0 Å². The highest BCUT2D eigenvalue weighted by molar-refractivity contribution is 5.39. The fraction of sp³-hybridized carbons (Fsp3) is 0.364. The Hall–Kier alpha value is -1.51. The van der Waals surface area contributed by atoms with Gasteiger partial charge in [-0.25, -0.2) is 0 Å². The second-order valence-corrected chi connectivity index (χ2v) is 4.22. The van der Waals surface area contributed by atoms with Crippen molar-refractivity contribution in [3.8, 4) is 0 Å². The van der Waals surface area contributed by atoms with Crippen LogP contribution >= 0.6 is 0 Å². The maximum Gasteiger partial charge on any atom is 0.0722 e. The molecule has 0 spiro atoms. The van der Waals surface area contributed by atoms with Crippen molar-refractivity contribution in [3.05, 3.63) is 36.8 Å². The number of nitrogens with zero attached hydrogens (tertiary/aromatic N) is 1. The summed E-state index contributed by atoms with van der Waals surface area (Å²) in [6, 6.07) is 3.82. The number of rotatable bonds is 3. The van der Waals surface area contributed by atoms with Gasteiger partial charge >= 0.3 is 0 Å². The van der Waals surface area contributed by atoms with Crippen LogP contribution in [0.5, 0.6) is 0 Å². The quantitative estimate of drug-likeness (QED) is 0.721. The lowest BCUT2D eigenvalue weighted by atomic mass is 9.93. The predicted molar refractivity (Wildman–Crippen MR) is 59.6 cm³/mol. The van der Waals surface area contributed by atoms with Crippen molar-refractivity contribution in [2.45, 2.75) is 20.8 Å². The summed E-state index contributed by atoms with van der Waals surface area (Å²) in [7, 11) is 0. The normalized spacial score (nSPS) is 10.8. The Morgan fingerprint density at radius 1 is 1.43 bits per heavy atom. The van der Waals surface area contributed by atoms with Gasteiger partial charge in [-0.15, -0.1) is 0 Å². The second kappa shape index (κ2) is 4.13. The molecule has 3 nitrogen and oxygen atoms in total. The molecular formula is C11H17N3. The van der Waals surface area contributed by atoms with Crippen molar-refractivity contribution in [3.63, 3.8) is 0 Å². The van der Waals surface area contributed by atoms with Gasteiger partial charge in [0.25, 0.3) is 0 Å². The molecular weight excluding hydrogens is 174 g/mol. The molecule has 0 fully saturated rings. The average Bonchev–Trinajstić information content (AvgIpc) is 2.14. The molecule has 3 heteroatoms. The van der Waals surface area contributed by atoms with Crippen molar-refractivity contribution in [2.24, 2.45) is 5.41 Å². The fourth-order valence-electron chi connectivity index (χ4n) is 0.772. The van der Waals surface area contributed by atoms with E-state index in [0.29, 0.717) is 0 Å². The fourth-order valence-corrected chi connectivity index (χ4v) is 0.772. The van der Waals surface area contributed by atoms with Crippen molar-refractivity contribution in [2.75, 3.05) is 5.43 Å². The monoisotopic (exact) mass is 191 g/mol. The van der Waals surface area contributed by atoms with E-state index < -0.39 is 0 Å². The van der Waals surface area contributed by atoms with Crippen molar-refractivity contribution >= 4 is 5.69 Å². The molecule has 14 heavy (non-hydrogen) atoms. The van der Waals surface area contributed by atoms with E-state index in [4.69, 9.17) is 0 Å². The first kappa shape index (κ1) is 10.6.